The Morgan fingerprint density at radius 2 is 2.00 bits per heavy atom. The minimum Gasteiger partial charge on any atom is -0.466 e. The Balaban J connectivity index is 2.05. The smallest absolute Gasteiger partial charge is 0.337 e. The summed E-state index contributed by atoms with van der Waals surface area (Å²) in [6, 6.07) is 12.5. The summed E-state index contributed by atoms with van der Waals surface area (Å²) in [5, 5.41) is 4.21. The normalized spacial score (nSPS) is 16.4. The van der Waals surface area contributed by atoms with Crippen LogP contribution in [-0.2, 0) is 9.53 Å². The molecule has 0 radical (unpaired) electrons. The molecule has 132 valence electrons. The summed E-state index contributed by atoms with van der Waals surface area (Å²) >= 11 is 12.6. The molecule has 0 spiro atoms. The van der Waals surface area contributed by atoms with Crippen LogP contribution in [0.25, 0.3) is 11.0 Å². The molecular weight excluding hydrogens is 373 g/mol. The van der Waals surface area contributed by atoms with Crippen LogP contribution in [0.4, 0.5) is 5.95 Å². The highest BCUT2D eigenvalue weighted by molar-refractivity contribution is 6.35. The average molecular weight is 388 g/mol. The van der Waals surface area contributed by atoms with Crippen molar-refractivity contribution in [2.24, 2.45) is 0 Å². The number of hydrogen-bond donors (Lipinski definition) is 1. The van der Waals surface area contributed by atoms with Gasteiger partial charge in [0.05, 0.1) is 29.8 Å². The monoisotopic (exact) mass is 387 g/mol. The molecule has 0 bridgehead atoms. The van der Waals surface area contributed by atoms with Crippen LogP contribution in [0.1, 0.15) is 18.5 Å². The van der Waals surface area contributed by atoms with Crippen molar-refractivity contribution >= 4 is 46.2 Å². The molecule has 3 aromatic rings. The lowest BCUT2D eigenvalue weighted by Crippen LogP contribution is -2.28. The first-order chi connectivity index (χ1) is 12.5. The number of anilines is 1. The number of hydrogen-bond acceptors (Lipinski definition) is 4. The fourth-order valence-corrected chi connectivity index (χ4v) is 3.87. The van der Waals surface area contributed by atoms with E-state index in [1.54, 1.807) is 12.1 Å². The fourth-order valence-electron chi connectivity index (χ4n) is 3.36. The largest absolute Gasteiger partial charge is 0.466 e. The van der Waals surface area contributed by atoms with E-state index in [0.717, 1.165) is 16.6 Å². The number of ether oxygens (including phenoxy) is 1. The molecule has 1 atom stereocenters. The lowest BCUT2D eigenvalue weighted by molar-refractivity contribution is -0.136. The molecule has 4 rings (SSSR count). The Morgan fingerprint density at radius 1 is 1.23 bits per heavy atom. The van der Waals surface area contributed by atoms with Gasteiger partial charge in [-0.2, -0.15) is 0 Å². The molecule has 1 aromatic heterocycles. The van der Waals surface area contributed by atoms with Gasteiger partial charge in [0.1, 0.15) is 0 Å². The number of imidazole rings is 1. The highest BCUT2D eigenvalue weighted by Crippen LogP contribution is 2.42. The number of para-hydroxylation sites is 2. The first kappa shape index (κ1) is 16.9. The minimum absolute atomic E-state index is 0.422. The van der Waals surface area contributed by atoms with E-state index in [-0.39, 0.29) is 0 Å². The molecule has 1 N–H and O–H groups in total. The number of nitrogens with zero attached hydrogens (tertiary/aromatic N) is 2. The first-order valence-corrected chi connectivity index (χ1v) is 8.75. The maximum Gasteiger partial charge on any atom is 0.337 e. The number of esters is 1. The van der Waals surface area contributed by atoms with Crippen molar-refractivity contribution < 1.29 is 9.53 Å². The van der Waals surface area contributed by atoms with Gasteiger partial charge in [0.25, 0.3) is 0 Å². The van der Waals surface area contributed by atoms with Crippen LogP contribution in [0.5, 0.6) is 0 Å². The van der Waals surface area contributed by atoms with Crippen LogP contribution < -0.4 is 5.32 Å². The maximum atomic E-state index is 12.6. The Hall–Kier alpha value is -2.50. The van der Waals surface area contributed by atoms with Gasteiger partial charge in [-0.25, -0.2) is 9.78 Å². The average Bonchev–Trinajstić information content (AvgIpc) is 2.98. The van der Waals surface area contributed by atoms with Crippen molar-refractivity contribution in [3.05, 3.63) is 69.3 Å². The molecule has 26 heavy (non-hydrogen) atoms. The second kappa shape index (κ2) is 6.34. The van der Waals surface area contributed by atoms with Crippen LogP contribution in [0.15, 0.2) is 53.7 Å². The van der Waals surface area contributed by atoms with E-state index < -0.39 is 12.0 Å². The predicted molar refractivity (Wildman–Crippen MR) is 103 cm³/mol. The molecule has 1 aliphatic rings. The lowest BCUT2D eigenvalue weighted by Gasteiger charge is -2.30. The van der Waals surface area contributed by atoms with E-state index in [2.05, 4.69) is 10.3 Å². The van der Waals surface area contributed by atoms with Gasteiger partial charge in [-0.1, -0.05) is 41.4 Å². The van der Waals surface area contributed by atoms with Gasteiger partial charge < -0.3 is 10.1 Å². The van der Waals surface area contributed by atoms with Crippen LogP contribution in [-0.4, -0.2) is 22.6 Å². The highest BCUT2D eigenvalue weighted by atomic mass is 35.5. The number of allylic oxidation sites excluding steroid dienone is 1. The number of methoxy groups -OCH3 is 1. The third kappa shape index (κ3) is 2.55. The Morgan fingerprint density at radius 3 is 2.73 bits per heavy atom. The van der Waals surface area contributed by atoms with Crippen LogP contribution >= 0.6 is 23.2 Å². The minimum atomic E-state index is -0.476. The van der Waals surface area contributed by atoms with Crippen molar-refractivity contribution in [1.82, 2.24) is 9.55 Å². The van der Waals surface area contributed by atoms with E-state index in [1.165, 1.54) is 7.11 Å². The molecule has 0 saturated carbocycles. The van der Waals surface area contributed by atoms with E-state index in [9.17, 15) is 4.79 Å². The molecule has 2 aromatic carbocycles. The molecule has 7 heteroatoms. The number of carbonyl (C=O) groups excluding carboxylic acids is 1. The predicted octanol–water partition coefficient (Wildman–Crippen LogP) is 4.81. The molecule has 0 fully saturated rings. The van der Waals surface area contributed by atoms with E-state index >= 15 is 0 Å². The number of nitrogens with one attached hydrogen (secondary N) is 1. The summed E-state index contributed by atoms with van der Waals surface area (Å²) < 4.78 is 7.00. The van der Waals surface area contributed by atoms with Crippen LogP contribution in [0.2, 0.25) is 10.0 Å². The van der Waals surface area contributed by atoms with Gasteiger partial charge in [-0.15, -0.1) is 0 Å². The fraction of sp³-hybridized carbons (Fsp3) is 0.158. The molecule has 0 saturated heterocycles. The zero-order chi connectivity index (χ0) is 18.4. The first-order valence-electron chi connectivity index (χ1n) is 7.99. The third-order valence-electron chi connectivity index (χ3n) is 4.49. The molecular formula is C19H15Cl2N3O2. The Kier molecular flexibility index (Phi) is 4.13. The molecule has 2 heterocycles. The molecule has 0 aliphatic carbocycles. The van der Waals surface area contributed by atoms with Gasteiger partial charge in [-0.05, 0) is 36.8 Å². The lowest BCUT2D eigenvalue weighted by atomic mass is 9.95. The maximum absolute atomic E-state index is 12.6. The van der Waals surface area contributed by atoms with Gasteiger partial charge >= 0.3 is 5.97 Å². The summed E-state index contributed by atoms with van der Waals surface area (Å²) in [5.74, 6) is 0.224. The summed E-state index contributed by atoms with van der Waals surface area (Å²) in [7, 11) is 1.37. The zero-order valence-corrected chi connectivity index (χ0v) is 15.6. The number of rotatable bonds is 2. The van der Waals surface area contributed by atoms with Gasteiger partial charge in [0, 0.05) is 15.7 Å². The van der Waals surface area contributed by atoms with Crippen LogP contribution in [0, 0.1) is 0 Å². The number of carbonyl (C=O) groups is 1. The van der Waals surface area contributed by atoms with Gasteiger partial charge in [0.2, 0.25) is 5.95 Å². The van der Waals surface area contributed by atoms with Crippen molar-refractivity contribution in [2.45, 2.75) is 13.0 Å². The summed E-state index contributed by atoms with van der Waals surface area (Å²) in [6.45, 7) is 1.83. The van der Waals surface area contributed by atoms with Crippen molar-refractivity contribution in [2.75, 3.05) is 12.4 Å². The van der Waals surface area contributed by atoms with Crippen molar-refractivity contribution in [3.8, 4) is 0 Å². The molecule has 0 amide bonds. The Labute approximate surface area is 160 Å². The van der Waals surface area contributed by atoms with E-state index in [4.69, 9.17) is 27.9 Å². The third-order valence-corrected chi connectivity index (χ3v) is 5.06. The standard InChI is InChI=1S/C19H15Cl2N3O2/c1-10-16(18(25)26-2)17(12-8-7-11(20)9-13(12)21)24-15-6-4-3-5-14(15)23-19(24)22-10/h3-9,17H,1-2H3,(H,22,23)/t17-/m0/s1. The number of fused-ring (bicyclic) bond motifs is 3. The summed E-state index contributed by atoms with van der Waals surface area (Å²) in [5.41, 5.74) is 3.62. The second-order valence-corrected chi connectivity index (χ2v) is 6.86. The second-order valence-electron chi connectivity index (χ2n) is 6.02. The number of halogens is 2. The van der Waals surface area contributed by atoms with E-state index in [0.29, 0.717) is 27.3 Å². The van der Waals surface area contributed by atoms with Gasteiger partial charge in [-0.3, -0.25) is 4.57 Å². The van der Waals surface area contributed by atoms with E-state index in [1.807, 2.05) is 41.8 Å². The zero-order valence-electron chi connectivity index (χ0n) is 14.1. The Bertz CT molecular complexity index is 1070. The topological polar surface area (TPSA) is 56.1 Å². The number of aromatic nitrogens is 2. The van der Waals surface area contributed by atoms with Gasteiger partial charge in [0.15, 0.2) is 0 Å². The molecule has 0 unspecified atom stereocenters. The summed E-state index contributed by atoms with van der Waals surface area (Å²) in [4.78, 5) is 17.2. The highest BCUT2D eigenvalue weighted by Gasteiger charge is 2.35. The van der Waals surface area contributed by atoms with Crippen molar-refractivity contribution in [3.63, 3.8) is 0 Å². The number of benzene rings is 2. The summed E-state index contributed by atoms with van der Waals surface area (Å²) in [6.07, 6.45) is 0. The quantitative estimate of drug-likeness (QED) is 0.641. The molecule has 5 nitrogen and oxygen atoms in total. The van der Waals surface area contributed by atoms with Crippen LogP contribution in [0.3, 0.4) is 0 Å². The molecule has 1 aliphatic heterocycles. The van der Waals surface area contributed by atoms with Crippen molar-refractivity contribution in [1.29, 1.82) is 0 Å². The SMILES string of the molecule is COC(=O)C1=C(C)Nc2nc3ccccc3n2[C@H]1c1ccc(Cl)cc1Cl.